The van der Waals surface area contributed by atoms with E-state index in [1.54, 1.807) is 4.68 Å². The minimum atomic E-state index is -0.160. The molecule has 0 aliphatic carbocycles. The molecule has 0 saturated carbocycles. The number of rotatable bonds is 1. The van der Waals surface area contributed by atoms with Crippen molar-refractivity contribution in [3.8, 4) is 0 Å². The highest BCUT2D eigenvalue weighted by Crippen LogP contribution is 2.21. The van der Waals surface area contributed by atoms with Crippen LogP contribution in [-0.2, 0) is 7.05 Å². The van der Waals surface area contributed by atoms with Crippen LogP contribution >= 0.6 is 0 Å². The Kier molecular flexibility index (Phi) is 2.10. The van der Waals surface area contributed by atoms with E-state index in [0.29, 0.717) is 5.39 Å². The number of aromatic nitrogens is 4. The van der Waals surface area contributed by atoms with Crippen molar-refractivity contribution in [1.29, 1.82) is 0 Å². The quantitative estimate of drug-likeness (QED) is 0.759. The average Bonchev–Trinajstić information content (AvgIpc) is 2.51. The molecular formula is C10H14N4O. The molecule has 5 nitrogen and oxygen atoms in total. The molecule has 2 heterocycles. The highest BCUT2D eigenvalue weighted by atomic mass is 16.1. The van der Waals surface area contributed by atoms with Gasteiger partial charge in [0.2, 0.25) is 0 Å². The van der Waals surface area contributed by atoms with Crippen molar-refractivity contribution in [3.05, 3.63) is 21.7 Å². The third-order valence-electron chi connectivity index (χ3n) is 2.52. The molecule has 1 N–H and O–H groups in total. The van der Waals surface area contributed by atoms with Gasteiger partial charge in [0.25, 0.3) is 5.56 Å². The van der Waals surface area contributed by atoms with Crippen LogP contribution in [0.15, 0.2) is 4.79 Å². The Hall–Kier alpha value is -1.65. The minimum absolute atomic E-state index is 0.160. The molecule has 0 atom stereocenters. The second kappa shape index (κ2) is 3.18. The Morgan fingerprint density at radius 1 is 1.40 bits per heavy atom. The average molecular weight is 206 g/mol. The smallest absolute Gasteiger partial charge is 0.267 e. The molecule has 0 bridgehead atoms. The minimum Gasteiger partial charge on any atom is -0.267 e. The van der Waals surface area contributed by atoms with Gasteiger partial charge in [-0.15, -0.1) is 0 Å². The van der Waals surface area contributed by atoms with Gasteiger partial charge in [-0.1, -0.05) is 13.8 Å². The number of nitrogens with zero attached hydrogens (tertiary/aromatic N) is 3. The fraction of sp³-hybridized carbons (Fsp3) is 0.500. The largest absolute Gasteiger partial charge is 0.275 e. The summed E-state index contributed by atoms with van der Waals surface area (Å²) in [4.78, 5) is 11.7. The lowest BCUT2D eigenvalue weighted by Crippen LogP contribution is -2.11. The molecule has 0 fully saturated rings. The third kappa shape index (κ3) is 1.35. The zero-order chi connectivity index (χ0) is 11.2. The highest BCUT2D eigenvalue weighted by molar-refractivity contribution is 5.82. The molecule has 0 spiro atoms. The van der Waals surface area contributed by atoms with Crippen LogP contribution in [0.2, 0.25) is 0 Å². The molecule has 0 amide bonds. The van der Waals surface area contributed by atoms with Gasteiger partial charge in [0, 0.05) is 7.05 Å². The first kappa shape index (κ1) is 9.89. The second-order valence-electron chi connectivity index (χ2n) is 4.03. The summed E-state index contributed by atoms with van der Waals surface area (Å²) < 4.78 is 1.72. The van der Waals surface area contributed by atoms with E-state index < -0.39 is 0 Å². The predicted molar refractivity (Wildman–Crippen MR) is 58.0 cm³/mol. The first-order valence-corrected chi connectivity index (χ1v) is 4.94. The Morgan fingerprint density at radius 2 is 2.07 bits per heavy atom. The molecule has 2 aromatic rings. The van der Waals surface area contributed by atoms with Crippen LogP contribution in [0.1, 0.15) is 31.2 Å². The number of hydrogen-bond acceptors (Lipinski definition) is 3. The van der Waals surface area contributed by atoms with Crippen molar-refractivity contribution in [1.82, 2.24) is 20.0 Å². The van der Waals surface area contributed by atoms with Crippen LogP contribution in [0.4, 0.5) is 0 Å². The first-order valence-electron chi connectivity index (χ1n) is 4.94. The van der Waals surface area contributed by atoms with E-state index in [1.807, 2.05) is 27.8 Å². The van der Waals surface area contributed by atoms with Gasteiger partial charge in [-0.25, -0.2) is 5.10 Å². The SMILES string of the molecule is Cc1n[nH]c(=O)c2c(C(C)C)nn(C)c12. The number of aryl methyl sites for hydroxylation is 2. The van der Waals surface area contributed by atoms with E-state index in [1.165, 1.54) is 0 Å². The fourth-order valence-corrected chi connectivity index (χ4v) is 1.83. The zero-order valence-electron chi connectivity index (χ0n) is 9.33. The summed E-state index contributed by atoms with van der Waals surface area (Å²) in [6.07, 6.45) is 0. The van der Waals surface area contributed by atoms with Gasteiger partial charge in [-0.3, -0.25) is 9.48 Å². The molecule has 0 aliphatic rings. The molecule has 80 valence electrons. The van der Waals surface area contributed by atoms with Gasteiger partial charge in [0.1, 0.15) is 0 Å². The lowest BCUT2D eigenvalue weighted by atomic mass is 10.1. The van der Waals surface area contributed by atoms with Crippen LogP contribution in [0.25, 0.3) is 10.9 Å². The molecule has 0 radical (unpaired) electrons. The molecule has 2 rings (SSSR count). The van der Waals surface area contributed by atoms with Gasteiger partial charge in [0.15, 0.2) is 0 Å². The van der Waals surface area contributed by atoms with Crippen molar-refractivity contribution >= 4 is 10.9 Å². The van der Waals surface area contributed by atoms with Gasteiger partial charge >= 0.3 is 0 Å². The van der Waals surface area contributed by atoms with Crippen molar-refractivity contribution in [2.75, 3.05) is 0 Å². The number of aromatic amines is 1. The van der Waals surface area contributed by atoms with E-state index in [4.69, 9.17) is 0 Å². The maximum Gasteiger partial charge on any atom is 0.275 e. The third-order valence-corrected chi connectivity index (χ3v) is 2.52. The molecule has 5 heteroatoms. The van der Waals surface area contributed by atoms with Crippen LogP contribution in [0.3, 0.4) is 0 Å². The predicted octanol–water partition coefficient (Wildman–Crippen LogP) is 1.09. The summed E-state index contributed by atoms with van der Waals surface area (Å²) in [5.41, 5.74) is 2.29. The van der Waals surface area contributed by atoms with Crippen molar-refractivity contribution in [2.45, 2.75) is 26.7 Å². The summed E-state index contributed by atoms with van der Waals surface area (Å²) >= 11 is 0. The molecule has 0 unspecified atom stereocenters. The van der Waals surface area contributed by atoms with Crippen molar-refractivity contribution in [3.63, 3.8) is 0 Å². The normalized spacial score (nSPS) is 11.5. The Labute approximate surface area is 87.1 Å². The van der Waals surface area contributed by atoms with E-state index in [-0.39, 0.29) is 11.5 Å². The summed E-state index contributed by atoms with van der Waals surface area (Å²) in [5.74, 6) is 0.233. The van der Waals surface area contributed by atoms with Gasteiger partial charge < -0.3 is 0 Å². The Bertz CT molecular complexity index is 565. The lowest BCUT2D eigenvalue weighted by Gasteiger charge is -1.98. The van der Waals surface area contributed by atoms with Crippen LogP contribution < -0.4 is 5.56 Å². The molecular weight excluding hydrogens is 192 g/mol. The molecule has 15 heavy (non-hydrogen) atoms. The molecule has 2 aromatic heterocycles. The van der Waals surface area contributed by atoms with Gasteiger partial charge in [0.05, 0.1) is 22.3 Å². The molecule has 0 saturated heterocycles. The van der Waals surface area contributed by atoms with E-state index in [9.17, 15) is 4.79 Å². The Morgan fingerprint density at radius 3 is 2.67 bits per heavy atom. The van der Waals surface area contributed by atoms with E-state index in [0.717, 1.165) is 16.9 Å². The Balaban J connectivity index is 2.99. The first-order chi connectivity index (χ1) is 7.02. The van der Waals surface area contributed by atoms with E-state index >= 15 is 0 Å². The monoisotopic (exact) mass is 206 g/mol. The van der Waals surface area contributed by atoms with E-state index in [2.05, 4.69) is 15.3 Å². The number of fused-ring (bicyclic) bond motifs is 1. The summed E-state index contributed by atoms with van der Waals surface area (Å²) in [6.45, 7) is 5.91. The number of nitrogens with one attached hydrogen (secondary N) is 1. The fourth-order valence-electron chi connectivity index (χ4n) is 1.83. The number of H-pyrrole nitrogens is 1. The van der Waals surface area contributed by atoms with Crippen molar-refractivity contribution < 1.29 is 0 Å². The second-order valence-corrected chi connectivity index (χ2v) is 4.03. The topological polar surface area (TPSA) is 63.6 Å². The van der Waals surface area contributed by atoms with Crippen molar-refractivity contribution in [2.24, 2.45) is 7.05 Å². The van der Waals surface area contributed by atoms with Crippen LogP contribution in [-0.4, -0.2) is 20.0 Å². The van der Waals surface area contributed by atoms with Crippen LogP contribution in [0.5, 0.6) is 0 Å². The lowest BCUT2D eigenvalue weighted by molar-refractivity contribution is 0.727. The maximum absolute atomic E-state index is 11.7. The highest BCUT2D eigenvalue weighted by Gasteiger charge is 2.16. The molecule has 0 aromatic carbocycles. The number of hydrogen-bond donors (Lipinski definition) is 1. The summed E-state index contributed by atoms with van der Waals surface area (Å²) in [7, 11) is 1.84. The zero-order valence-corrected chi connectivity index (χ0v) is 9.33. The molecule has 0 aliphatic heterocycles. The van der Waals surface area contributed by atoms with Gasteiger partial charge in [-0.2, -0.15) is 10.2 Å². The van der Waals surface area contributed by atoms with Crippen LogP contribution in [0, 0.1) is 6.92 Å². The summed E-state index contributed by atoms with van der Waals surface area (Å²) in [5, 5.41) is 11.5. The standard InChI is InChI=1S/C10H14N4O/c1-5(2)8-7-9(14(4)13-8)6(3)11-12-10(7)15/h5H,1-4H3,(H,12,15). The van der Waals surface area contributed by atoms with Gasteiger partial charge in [-0.05, 0) is 12.8 Å². The summed E-state index contributed by atoms with van der Waals surface area (Å²) in [6, 6.07) is 0. The maximum atomic E-state index is 11.7.